The van der Waals surface area contributed by atoms with Crippen LogP contribution in [0, 0.1) is 6.92 Å². The summed E-state index contributed by atoms with van der Waals surface area (Å²) < 4.78 is 0. The molecule has 0 aromatic heterocycles. The molecule has 1 unspecified atom stereocenters. The minimum Gasteiger partial charge on any atom is -0.481 e. The van der Waals surface area contributed by atoms with Gasteiger partial charge in [0.1, 0.15) is 6.04 Å². The lowest BCUT2D eigenvalue weighted by Crippen LogP contribution is -2.56. The zero-order chi connectivity index (χ0) is 14.0. The summed E-state index contributed by atoms with van der Waals surface area (Å²) in [6, 6.07) is 7.19. The van der Waals surface area contributed by atoms with Crippen LogP contribution in [-0.4, -0.2) is 48.1 Å². The number of carbonyl (C=O) groups excluding carboxylic acids is 1. The summed E-state index contributed by atoms with van der Waals surface area (Å²) in [6.45, 7) is 3.25. The van der Waals surface area contributed by atoms with Crippen LogP contribution in [0.2, 0.25) is 0 Å². The molecule has 5 nitrogen and oxygen atoms in total. The fourth-order valence-corrected chi connectivity index (χ4v) is 2.39. The van der Waals surface area contributed by atoms with E-state index in [0.29, 0.717) is 13.1 Å². The minimum atomic E-state index is -0.952. The number of carboxylic acids is 1. The standard InChI is InChI=1S/C14H18N2O3/c1-10-4-3-5-11(8-10)16-7-6-15(2)14(19)12(16)9-13(17)18/h3-5,8,12H,6-7,9H2,1-2H3,(H,17,18). The van der Waals surface area contributed by atoms with E-state index in [1.807, 2.05) is 36.1 Å². The van der Waals surface area contributed by atoms with Gasteiger partial charge in [-0.2, -0.15) is 0 Å². The molecule has 1 N–H and O–H groups in total. The summed E-state index contributed by atoms with van der Waals surface area (Å²) in [5.41, 5.74) is 2.01. The maximum absolute atomic E-state index is 12.2. The lowest BCUT2D eigenvalue weighted by molar-refractivity contribution is -0.142. The van der Waals surface area contributed by atoms with Gasteiger partial charge >= 0.3 is 5.97 Å². The lowest BCUT2D eigenvalue weighted by Gasteiger charge is -2.40. The van der Waals surface area contributed by atoms with Crippen LogP contribution in [0.5, 0.6) is 0 Å². The van der Waals surface area contributed by atoms with Gasteiger partial charge in [-0.15, -0.1) is 0 Å². The monoisotopic (exact) mass is 262 g/mol. The fourth-order valence-electron chi connectivity index (χ4n) is 2.39. The van der Waals surface area contributed by atoms with E-state index in [0.717, 1.165) is 11.3 Å². The highest BCUT2D eigenvalue weighted by Crippen LogP contribution is 2.23. The van der Waals surface area contributed by atoms with Gasteiger partial charge in [-0.25, -0.2) is 0 Å². The van der Waals surface area contributed by atoms with Gasteiger partial charge in [0.05, 0.1) is 6.42 Å². The topological polar surface area (TPSA) is 60.9 Å². The first kappa shape index (κ1) is 13.4. The van der Waals surface area contributed by atoms with Crippen LogP contribution >= 0.6 is 0 Å². The van der Waals surface area contributed by atoms with Crippen molar-refractivity contribution in [2.75, 3.05) is 25.0 Å². The zero-order valence-corrected chi connectivity index (χ0v) is 11.2. The summed E-state index contributed by atoms with van der Waals surface area (Å²) in [6.07, 6.45) is -0.170. The van der Waals surface area contributed by atoms with Crippen molar-refractivity contribution in [2.24, 2.45) is 0 Å². The van der Waals surface area contributed by atoms with Crippen molar-refractivity contribution in [3.63, 3.8) is 0 Å². The van der Waals surface area contributed by atoms with Crippen molar-refractivity contribution in [1.82, 2.24) is 4.90 Å². The number of carbonyl (C=O) groups is 2. The Morgan fingerprint density at radius 2 is 2.16 bits per heavy atom. The minimum absolute atomic E-state index is 0.129. The summed E-state index contributed by atoms with van der Waals surface area (Å²) in [4.78, 5) is 26.6. The summed E-state index contributed by atoms with van der Waals surface area (Å²) in [7, 11) is 1.71. The van der Waals surface area contributed by atoms with E-state index in [-0.39, 0.29) is 12.3 Å². The number of aliphatic carboxylic acids is 1. The Bertz CT molecular complexity index is 501. The molecular weight excluding hydrogens is 244 g/mol. The van der Waals surface area contributed by atoms with Crippen molar-refractivity contribution in [3.8, 4) is 0 Å². The Morgan fingerprint density at radius 3 is 2.79 bits per heavy atom. The molecule has 0 radical (unpaired) electrons. The number of hydrogen-bond acceptors (Lipinski definition) is 3. The molecule has 0 saturated carbocycles. The Morgan fingerprint density at radius 1 is 1.42 bits per heavy atom. The molecule has 0 bridgehead atoms. The Balaban J connectivity index is 2.30. The van der Waals surface area contributed by atoms with E-state index in [2.05, 4.69) is 0 Å². The van der Waals surface area contributed by atoms with Gasteiger partial charge in [-0.05, 0) is 24.6 Å². The number of anilines is 1. The summed E-state index contributed by atoms with van der Waals surface area (Å²) in [5, 5.41) is 8.99. The van der Waals surface area contributed by atoms with Gasteiger partial charge in [0.25, 0.3) is 0 Å². The quantitative estimate of drug-likeness (QED) is 0.886. The largest absolute Gasteiger partial charge is 0.481 e. The highest BCUT2D eigenvalue weighted by Gasteiger charge is 2.34. The molecule has 1 aromatic rings. The van der Waals surface area contributed by atoms with Crippen LogP contribution in [0.4, 0.5) is 5.69 Å². The molecule has 1 aliphatic rings. The number of piperazine rings is 1. The van der Waals surface area contributed by atoms with Crippen LogP contribution in [0.3, 0.4) is 0 Å². The third-order valence-electron chi connectivity index (χ3n) is 3.42. The molecule has 102 valence electrons. The van der Waals surface area contributed by atoms with E-state index in [1.165, 1.54) is 0 Å². The predicted octanol–water partition coefficient (Wildman–Crippen LogP) is 1.12. The Hall–Kier alpha value is -2.04. The average Bonchev–Trinajstić information content (AvgIpc) is 2.35. The third-order valence-corrected chi connectivity index (χ3v) is 3.42. The van der Waals surface area contributed by atoms with Gasteiger partial charge in [0, 0.05) is 25.8 Å². The molecule has 0 spiro atoms. The molecule has 5 heteroatoms. The summed E-state index contributed by atoms with van der Waals surface area (Å²) >= 11 is 0. The second-order valence-corrected chi connectivity index (χ2v) is 4.91. The molecular formula is C14H18N2O3. The molecule has 2 rings (SSSR count). The molecule has 1 saturated heterocycles. The molecule has 0 aliphatic carbocycles. The van der Waals surface area contributed by atoms with E-state index >= 15 is 0 Å². The van der Waals surface area contributed by atoms with Crippen molar-refractivity contribution in [2.45, 2.75) is 19.4 Å². The van der Waals surface area contributed by atoms with Gasteiger partial charge < -0.3 is 14.9 Å². The molecule has 1 atom stereocenters. The number of rotatable bonds is 3. The van der Waals surface area contributed by atoms with E-state index < -0.39 is 12.0 Å². The first-order valence-corrected chi connectivity index (χ1v) is 6.29. The number of amides is 1. The van der Waals surface area contributed by atoms with E-state index in [4.69, 9.17) is 5.11 Å². The predicted molar refractivity (Wildman–Crippen MR) is 72.2 cm³/mol. The van der Waals surface area contributed by atoms with Gasteiger partial charge in [-0.3, -0.25) is 9.59 Å². The lowest BCUT2D eigenvalue weighted by atomic mass is 10.1. The van der Waals surface area contributed by atoms with Gasteiger partial charge in [-0.1, -0.05) is 12.1 Å². The van der Waals surface area contributed by atoms with Crippen LogP contribution in [0.15, 0.2) is 24.3 Å². The number of nitrogens with zero attached hydrogens (tertiary/aromatic N) is 2. The van der Waals surface area contributed by atoms with Crippen LogP contribution in [0.1, 0.15) is 12.0 Å². The van der Waals surface area contributed by atoms with Crippen LogP contribution in [-0.2, 0) is 9.59 Å². The van der Waals surface area contributed by atoms with Crippen LogP contribution < -0.4 is 4.90 Å². The maximum atomic E-state index is 12.2. The molecule has 1 aliphatic heterocycles. The van der Waals surface area contributed by atoms with Gasteiger partial charge in [0.2, 0.25) is 5.91 Å². The molecule has 1 fully saturated rings. The van der Waals surface area contributed by atoms with E-state index in [9.17, 15) is 9.59 Å². The smallest absolute Gasteiger partial charge is 0.305 e. The van der Waals surface area contributed by atoms with Crippen molar-refractivity contribution in [1.29, 1.82) is 0 Å². The fraction of sp³-hybridized carbons (Fsp3) is 0.429. The average molecular weight is 262 g/mol. The summed E-state index contributed by atoms with van der Waals surface area (Å²) in [5.74, 6) is -1.08. The number of benzene rings is 1. The molecule has 1 heterocycles. The number of hydrogen-bond donors (Lipinski definition) is 1. The second-order valence-electron chi connectivity index (χ2n) is 4.91. The zero-order valence-electron chi connectivity index (χ0n) is 11.2. The molecule has 1 aromatic carbocycles. The first-order chi connectivity index (χ1) is 8.99. The highest BCUT2D eigenvalue weighted by atomic mass is 16.4. The van der Waals surface area contributed by atoms with Gasteiger partial charge in [0.15, 0.2) is 0 Å². The normalized spacial score (nSPS) is 19.7. The second kappa shape index (κ2) is 5.30. The number of aryl methyl sites for hydroxylation is 1. The SMILES string of the molecule is Cc1cccc(N2CCN(C)C(=O)C2CC(=O)O)c1. The van der Waals surface area contributed by atoms with Crippen molar-refractivity contribution < 1.29 is 14.7 Å². The van der Waals surface area contributed by atoms with Crippen molar-refractivity contribution >= 4 is 17.6 Å². The van der Waals surface area contributed by atoms with E-state index in [1.54, 1.807) is 11.9 Å². The first-order valence-electron chi connectivity index (χ1n) is 6.29. The molecule has 19 heavy (non-hydrogen) atoms. The highest BCUT2D eigenvalue weighted by molar-refractivity contribution is 5.90. The Labute approximate surface area is 112 Å². The maximum Gasteiger partial charge on any atom is 0.305 e. The Kier molecular flexibility index (Phi) is 3.74. The third kappa shape index (κ3) is 2.86. The number of carboxylic acid groups (broad SMARTS) is 1. The number of likely N-dealkylation sites (N-methyl/N-ethyl adjacent to an activating group) is 1. The molecule has 1 amide bonds. The van der Waals surface area contributed by atoms with Crippen LogP contribution in [0.25, 0.3) is 0 Å². The van der Waals surface area contributed by atoms with Crippen molar-refractivity contribution in [3.05, 3.63) is 29.8 Å².